The molecule has 0 radical (unpaired) electrons. The summed E-state index contributed by atoms with van der Waals surface area (Å²) in [6, 6.07) is 10.4. The van der Waals surface area contributed by atoms with Gasteiger partial charge in [0, 0.05) is 51.1 Å². The minimum Gasteiger partial charge on any atom is -0.450 e. The van der Waals surface area contributed by atoms with Gasteiger partial charge in [-0.15, -0.1) is 0 Å². The second-order valence-corrected chi connectivity index (χ2v) is 8.28. The van der Waals surface area contributed by atoms with Gasteiger partial charge in [-0.1, -0.05) is 44.2 Å². The van der Waals surface area contributed by atoms with Crippen LogP contribution < -0.4 is 5.32 Å². The predicted octanol–water partition coefficient (Wildman–Crippen LogP) is 2.74. The maximum atomic E-state index is 13.0. The molecular weight excluding hydrogens is 378 g/mol. The van der Waals surface area contributed by atoms with Gasteiger partial charge in [0.2, 0.25) is 0 Å². The van der Waals surface area contributed by atoms with Crippen LogP contribution in [0.4, 0.5) is 0 Å². The predicted molar refractivity (Wildman–Crippen MR) is 118 cm³/mol. The fourth-order valence-electron chi connectivity index (χ4n) is 4.49. The summed E-state index contributed by atoms with van der Waals surface area (Å²) in [6.45, 7) is 12.1. The minimum absolute atomic E-state index is 0.144. The smallest absolute Gasteiger partial charge is 0.335 e. The monoisotopic (exact) mass is 413 g/mol. The summed E-state index contributed by atoms with van der Waals surface area (Å²) >= 11 is 0. The second-order valence-electron chi connectivity index (χ2n) is 8.28. The number of carbonyl (C=O) groups is 2. The molecule has 2 heterocycles. The lowest BCUT2D eigenvalue weighted by Crippen LogP contribution is -2.48. The van der Waals surface area contributed by atoms with Crippen molar-refractivity contribution in [3.05, 3.63) is 47.0 Å². The Balaban J connectivity index is 1.52. The molecule has 1 spiro atoms. The Hall–Kier alpha value is -2.18. The van der Waals surface area contributed by atoms with Crippen LogP contribution in [0.3, 0.4) is 0 Å². The lowest BCUT2D eigenvalue weighted by Gasteiger charge is -2.39. The number of amides is 1. The van der Waals surface area contributed by atoms with Gasteiger partial charge in [-0.2, -0.15) is 0 Å². The number of benzene rings is 1. The van der Waals surface area contributed by atoms with E-state index in [2.05, 4.69) is 53.2 Å². The Morgan fingerprint density at radius 3 is 2.53 bits per heavy atom. The van der Waals surface area contributed by atoms with Gasteiger partial charge >= 0.3 is 5.97 Å². The van der Waals surface area contributed by atoms with Gasteiger partial charge < -0.3 is 15.0 Å². The largest absolute Gasteiger partial charge is 0.450 e. The van der Waals surface area contributed by atoms with Crippen molar-refractivity contribution >= 4 is 11.9 Å². The van der Waals surface area contributed by atoms with Gasteiger partial charge in [0.25, 0.3) is 5.91 Å². The van der Waals surface area contributed by atoms with Crippen LogP contribution in [0.5, 0.6) is 0 Å². The molecule has 6 heteroatoms. The van der Waals surface area contributed by atoms with Crippen LogP contribution in [0, 0.1) is 0 Å². The van der Waals surface area contributed by atoms with Crippen molar-refractivity contribution in [3.8, 4) is 0 Å². The van der Waals surface area contributed by atoms with Crippen molar-refractivity contribution in [1.29, 1.82) is 0 Å². The Bertz CT molecular complexity index is 767. The van der Waals surface area contributed by atoms with E-state index in [0.29, 0.717) is 30.5 Å². The maximum Gasteiger partial charge on any atom is 0.335 e. The fraction of sp³-hybridized carbons (Fsp3) is 0.583. The number of nitrogens with zero attached hydrogens (tertiary/aromatic N) is 2. The molecule has 164 valence electrons. The van der Waals surface area contributed by atoms with Crippen molar-refractivity contribution in [2.75, 3.05) is 39.3 Å². The first kappa shape index (κ1) is 22.5. The van der Waals surface area contributed by atoms with Crippen molar-refractivity contribution in [2.24, 2.45) is 0 Å². The Morgan fingerprint density at radius 2 is 1.90 bits per heavy atom. The summed E-state index contributed by atoms with van der Waals surface area (Å²) in [4.78, 5) is 30.0. The van der Waals surface area contributed by atoms with E-state index in [4.69, 9.17) is 4.74 Å². The van der Waals surface area contributed by atoms with Crippen LogP contribution in [0.2, 0.25) is 0 Å². The Labute approximate surface area is 180 Å². The van der Waals surface area contributed by atoms with Crippen LogP contribution in [0.1, 0.15) is 45.6 Å². The molecule has 1 aromatic rings. The van der Waals surface area contributed by atoms with Gasteiger partial charge in [-0.25, -0.2) is 4.79 Å². The highest BCUT2D eigenvalue weighted by atomic mass is 16.6. The van der Waals surface area contributed by atoms with E-state index in [1.807, 2.05) is 6.07 Å². The molecule has 0 saturated carbocycles. The molecule has 1 aromatic carbocycles. The topological polar surface area (TPSA) is 61.9 Å². The zero-order valence-electron chi connectivity index (χ0n) is 18.6. The summed E-state index contributed by atoms with van der Waals surface area (Å²) in [5.41, 5.74) is 1.59. The molecule has 0 unspecified atom stereocenters. The minimum atomic E-state index is -0.736. The maximum absolute atomic E-state index is 13.0. The summed E-state index contributed by atoms with van der Waals surface area (Å²) in [5, 5.41) is 3.05. The lowest BCUT2D eigenvalue weighted by atomic mass is 9.82. The van der Waals surface area contributed by atoms with Crippen molar-refractivity contribution < 1.29 is 14.3 Å². The Morgan fingerprint density at radius 1 is 1.20 bits per heavy atom. The van der Waals surface area contributed by atoms with Gasteiger partial charge in [0.1, 0.15) is 5.60 Å². The average molecular weight is 414 g/mol. The summed E-state index contributed by atoms with van der Waals surface area (Å²) in [7, 11) is 0. The third kappa shape index (κ3) is 5.10. The van der Waals surface area contributed by atoms with E-state index >= 15 is 0 Å². The van der Waals surface area contributed by atoms with E-state index in [1.54, 1.807) is 6.92 Å². The molecule has 1 saturated heterocycles. The molecule has 30 heavy (non-hydrogen) atoms. The van der Waals surface area contributed by atoms with Gasteiger partial charge in [0.05, 0.1) is 5.57 Å². The summed E-state index contributed by atoms with van der Waals surface area (Å²) in [6.07, 6.45) is 2.24. The molecule has 0 aliphatic carbocycles. The number of hydrogen-bond acceptors (Lipinski definition) is 5. The quantitative estimate of drug-likeness (QED) is 0.498. The van der Waals surface area contributed by atoms with Crippen LogP contribution in [-0.2, 0) is 20.9 Å². The van der Waals surface area contributed by atoms with Gasteiger partial charge in [-0.05, 0) is 32.0 Å². The average Bonchev–Trinajstić information content (AvgIpc) is 3.00. The van der Waals surface area contributed by atoms with Gasteiger partial charge in [0.15, 0.2) is 0 Å². The molecule has 3 rings (SSSR count). The first-order valence-electron chi connectivity index (χ1n) is 11.2. The molecule has 1 fully saturated rings. The third-order valence-electron chi connectivity index (χ3n) is 6.40. The normalized spacial score (nSPS) is 18.9. The van der Waals surface area contributed by atoms with Crippen molar-refractivity contribution in [1.82, 2.24) is 15.1 Å². The lowest BCUT2D eigenvalue weighted by molar-refractivity contribution is -0.150. The number of piperidine rings is 1. The standard InChI is InChI=1S/C24H35N3O3/c1-4-26-16-12-24(13-17-26)21(19(3)23(29)30-24)22(28)25-14-9-15-27(5-2)18-20-10-7-6-8-11-20/h6-8,10-11H,4-5,9,12-18H2,1-3H3,(H,25,28). The number of nitrogens with one attached hydrogen (secondary N) is 1. The SMILES string of the molecule is CCN1CCC2(CC1)OC(=O)C(C)=C2C(=O)NCCCN(CC)Cc1ccccc1. The van der Waals surface area contributed by atoms with Crippen LogP contribution in [0.15, 0.2) is 41.5 Å². The first-order valence-corrected chi connectivity index (χ1v) is 11.2. The highest BCUT2D eigenvalue weighted by Crippen LogP contribution is 2.40. The first-order chi connectivity index (χ1) is 14.5. The second kappa shape index (κ2) is 10.2. The molecule has 2 aliphatic rings. The number of carbonyl (C=O) groups excluding carboxylic acids is 2. The molecule has 0 aromatic heterocycles. The summed E-state index contributed by atoms with van der Waals surface area (Å²) < 4.78 is 5.75. The highest BCUT2D eigenvalue weighted by molar-refractivity contribution is 6.07. The number of rotatable bonds is 9. The zero-order valence-corrected chi connectivity index (χ0v) is 18.6. The molecule has 0 bridgehead atoms. The Kier molecular flexibility index (Phi) is 7.67. The number of hydrogen-bond donors (Lipinski definition) is 1. The van der Waals surface area contributed by atoms with Crippen LogP contribution in [-0.4, -0.2) is 66.5 Å². The van der Waals surface area contributed by atoms with E-state index in [9.17, 15) is 9.59 Å². The van der Waals surface area contributed by atoms with Crippen molar-refractivity contribution in [2.45, 2.75) is 52.2 Å². The fourth-order valence-corrected chi connectivity index (χ4v) is 4.49. The number of likely N-dealkylation sites (tertiary alicyclic amines) is 1. The molecule has 0 atom stereocenters. The van der Waals surface area contributed by atoms with Crippen LogP contribution >= 0.6 is 0 Å². The van der Waals surface area contributed by atoms with E-state index in [0.717, 1.165) is 45.7 Å². The molecule has 6 nitrogen and oxygen atoms in total. The molecule has 1 N–H and O–H groups in total. The molecular formula is C24H35N3O3. The van der Waals surface area contributed by atoms with E-state index in [-0.39, 0.29) is 11.9 Å². The highest BCUT2D eigenvalue weighted by Gasteiger charge is 2.50. The van der Waals surface area contributed by atoms with Crippen LogP contribution in [0.25, 0.3) is 0 Å². The van der Waals surface area contributed by atoms with Gasteiger partial charge in [-0.3, -0.25) is 9.69 Å². The van der Waals surface area contributed by atoms with Crippen molar-refractivity contribution in [3.63, 3.8) is 0 Å². The van der Waals surface area contributed by atoms with E-state index in [1.165, 1.54) is 5.56 Å². The number of ether oxygens (including phenoxy) is 1. The number of esters is 1. The molecule has 2 aliphatic heterocycles. The third-order valence-corrected chi connectivity index (χ3v) is 6.40. The zero-order chi connectivity index (χ0) is 21.6. The molecule has 1 amide bonds. The summed E-state index contributed by atoms with van der Waals surface area (Å²) in [5.74, 6) is -0.487. The van der Waals surface area contributed by atoms with E-state index < -0.39 is 5.60 Å².